The first-order valence-corrected chi connectivity index (χ1v) is 5.80. The van der Waals surface area contributed by atoms with E-state index in [1.807, 2.05) is 0 Å². The number of methoxy groups -OCH3 is 1. The van der Waals surface area contributed by atoms with E-state index in [-0.39, 0.29) is 12.4 Å². The minimum Gasteiger partial charge on any atom is -0.508 e. The molecule has 0 aromatic heterocycles. The molecular weight excluding hydrogens is 252 g/mol. The maximum atomic E-state index is 9.28. The van der Waals surface area contributed by atoms with E-state index < -0.39 is 0 Å². The molecule has 0 aliphatic rings. The summed E-state index contributed by atoms with van der Waals surface area (Å²) in [4.78, 5) is 0. The summed E-state index contributed by atoms with van der Waals surface area (Å²) in [5.41, 5.74) is 2.29. The van der Waals surface area contributed by atoms with Crippen molar-refractivity contribution < 1.29 is 14.9 Å². The van der Waals surface area contributed by atoms with Gasteiger partial charge in [-0.1, -0.05) is 23.7 Å². The van der Waals surface area contributed by atoms with Gasteiger partial charge in [0.25, 0.3) is 0 Å². The first-order valence-electron chi connectivity index (χ1n) is 5.42. The molecule has 0 saturated carbocycles. The quantitative estimate of drug-likeness (QED) is 0.895. The topological polar surface area (TPSA) is 49.7 Å². The van der Waals surface area contributed by atoms with Crippen LogP contribution in [0.25, 0.3) is 11.1 Å². The summed E-state index contributed by atoms with van der Waals surface area (Å²) >= 11 is 6.21. The first-order chi connectivity index (χ1) is 8.65. The molecule has 2 aromatic carbocycles. The van der Waals surface area contributed by atoms with Crippen molar-refractivity contribution >= 4 is 11.6 Å². The second-order valence-electron chi connectivity index (χ2n) is 3.86. The van der Waals surface area contributed by atoms with Gasteiger partial charge < -0.3 is 14.9 Å². The smallest absolute Gasteiger partial charge is 0.128 e. The van der Waals surface area contributed by atoms with Crippen molar-refractivity contribution in [3.05, 3.63) is 47.0 Å². The largest absolute Gasteiger partial charge is 0.508 e. The van der Waals surface area contributed by atoms with Crippen LogP contribution in [0.1, 0.15) is 5.56 Å². The van der Waals surface area contributed by atoms with E-state index in [0.29, 0.717) is 16.3 Å². The number of aliphatic hydroxyl groups excluding tert-OH is 1. The zero-order valence-electron chi connectivity index (χ0n) is 9.85. The Morgan fingerprint density at radius 3 is 2.39 bits per heavy atom. The van der Waals surface area contributed by atoms with Crippen molar-refractivity contribution in [3.8, 4) is 22.6 Å². The van der Waals surface area contributed by atoms with Gasteiger partial charge in [-0.15, -0.1) is 0 Å². The summed E-state index contributed by atoms with van der Waals surface area (Å²) in [5, 5.41) is 18.9. The Hall–Kier alpha value is -1.71. The third-order valence-electron chi connectivity index (χ3n) is 2.67. The molecule has 2 rings (SSSR count). The van der Waals surface area contributed by atoms with Crippen molar-refractivity contribution in [3.63, 3.8) is 0 Å². The Kier molecular flexibility index (Phi) is 3.75. The summed E-state index contributed by atoms with van der Waals surface area (Å²) in [6, 6.07) is 10.1. The van der Waals surface area contributed by atoms with Gasteiger partial charge in [0.05, 0.1) is 18.7 Å². The van der Waals surface area contributed by atoms with Crippen molar-refractivity contribution in [2.45, 2.75) is 6.61 Å². The lowest BCUT2D eigenvalue weighted by molar-refractivity contribution is 0.281. The number of ether oxygens (including phenoxy) is 1. The highest BCUT2D eigenvalue weighted by Crippen LogP contribution is 2.38. The van der Waals surface area contributed by atoms with Crippen LogP contribution in [0.2, 0.25) is 5.02 Å². The van der Waals surface area contributed by atoms with Gasteiger partial charge in [-0.2, -0.15) is 0 Å². The molecule has 2 N–H and O–H groups in total. The highest BCUT2D eigenvalue weighted by atomic mass is 35.5. The number of phenolic OH excluding ortho intramolecular Hbond substituents is 1. The third-order valence-corrected chi connectivity index (χ3v) is 2.97. The number of benzene rings is 2. The van der Waals surface area contributed by atoms with E-state index in [1.165, 1.54) is 0 Å². The zero-order chi connectivity index (χ0) is 13.1. The number of aliphatic hydroxyl groups is 1. The van der Waals surface area contributed by atoms with E-state index >= 15 is 0 Å². The number of rotatable bonds is 3. The molecule has 2 aromatic rings. The summed E-state index contributed by atoms with van der Waals surface area (Å²) < 4.78 is 5.30. The van der Waals surface area contributed by atoms with Crippen molar-refractivity contribution in [2.75, 3.05) is 7.11 Å². The summed E-state index contributed by atoms with van der Waals surface area (Å²) in [6.45, 7) is -0.0913. The Bertz CT molecular complexity index is 550. The lowest BCUT2D eigenvalue weighted by Gasteiger charge is -2.12. The van der Waals surface area contributed by atoms with Crippen LogP contribution in [-0.4, -0.2) is 17.3 Å². The van der Waals surface area contributed by atoms with Gasteiger partial charge in [-0.05, 0) is 35.4 Å². The maximum Gasteiger partial charge on any atom is 0.128 e. The monoisotopic (exact) mass is 264 g/mol. The average molecular weight is 265 g/mol. The molecule has 0 fully saturated rings. The molecule has 0 radical (unpaired) electrons. The SMILES string of the molecule is COc1cc(CO)cc(Cl)c1-c1ccc(O)cc1. The van der Waals surface area contributed by atoms with Crippen LogP contribution in [0.4, 0.5) is 0 Å². The zero-order valence-corrected chi connectivity index (χ0v) is 10.6. The molecule has 0 amide bonds. The number of aromatic hydroxyl groups is 1. The van der Waals surface area contributed by atoms with Gasteiger partial charge in [-0.25, -0.2) is 0 Å². The lowest BCUT2D eigenvalue weighted by atomic mass is 10.0. The van der Waals surface area contributed by atoms with Crippen LogP contribution in [0.5, 0.6) is 11.5 Å². The van der Waals surface area contributed by atoms with Gasteiger partial charge in [0, 0.05) is 5.56 Å². The molecule has 18 heavy (non-hydrogen) atoms. The van der Waals surface area contributed by atoms with E-state index in [1.54, 1.807) is 43.5 Å². The van der Waals surface area contributed by atoms with Gasteiger partial charge in [0.2, 0.25) is 0 Å². The molecule has 0 aliphatic heterocycles. The maximum absolute atomic E-state index is 9.28. The Balaban J connectivity index is 2.59. The lowest BCUT2D eigenvalue weighted by Crippen LogP contribution is -1.92. The molecule has 4 heteroatoms. The van der Waals surface area contributed by atoms with Crippen LogP contribution in [0.3, 0.4) is 0 Å². The van der Waals surface area contributed by atoms with Crippen molar-refractivity contribution in [2.24, 2.45) is 0 Å². The predicted octanol–water partition coefficient (Wildman–Crippen LogP) is 3.21. The Morgan fingerprint density at radius 2 is 1.83 bits per heavy atom. The predicted molar refractivity (Wildman–Crippen MR) is 71.0 cm³/mol. The second kappa shape index (κ2) is 5.29. The second-order valence-corrected chi connectivity index (χ2v) is 4.27. The number of hydrogen-bond donors (Lipinski definition) is 2. The molecule has 3 nitrogen and oxygen atoms in total. The van der Waals surface area contributed by atoms with Gasteiger partial charge in [-0.3, -0.25) is 0 Å². The Labute approximate surface area is 110 Å². The molecule has 0 saturated heterocycles. The van der Waals surface area contributed by atoms with E-state index in [9.17, 15) is 5.11 Å². The molecule has 0 atom stereocenters. The standard InChI is InChI=1S/C14H13ClO3/c1-18-13-7-9(8-16)6-12(15)14(13)10-2-4-11(17)5-3-10/h2-7,16-17H,8H2,1H3. The number of phenols is 1. The normalized spacial score (nSPS) is 10.4. The summed E-state index contributed by atoms with van der Waals surface area (Å²) in [6.07, 6.45) is 0. The number of halogens is 1. The molecule has 0 bridgehead atoms. The molecule has 0 unspecified atom stereocenters. The van der Waals surface area contributed by atoms with Gasteiger partial charge in [0.1, 0.15) is 11.5 Å². The fraction of sp³-hybridized carbons (Fsp3) is 0.143. The van der Waals surface area contributed by atoms with Crippen LogP contribution >= 0.6 is 11.6 Å². The van der Waals surface area contributed by atoms with Crippen molar-refractivity contribution in [1.29, 1.82) is 0 Å². The molecular formula is C14H13ClO3. The van der Waals surface area contributed by atoms with Gasteiger partial charge in [0.15, 0.2) is 0 Å². The first kappa shape index (κ1) is 12.7. The molecule has 0 spiro atoms. The van der Waals surface area contributed by atoms with Crippen molar-refractivity contribution in [1.82, 2.24) is 0 Å². The van der Waals surface area contributed by atoms with Crippen LogP contribution in [0, 0.1) is 0 Å². The Morgan fingerprint density at radius 1 is 1.17 bits per heavy atom. The van der Waals surface area contributed by atoms with Crippen LogP contribution < -0.4 is 4.74 Å². The van der Waals surface area contributed by atoms with E-state index in [0.717, 1.165) is 11.1 Å². The highest BCUT2D eigenvalue weighted by Gasteiger charge is 2.12. The van der Waals surface area contributed by atoms with E-state index in [2.05, 4.69) is 0 Å². The van der Waals surface area contributed by atoms with Gasteiger partial charge >= 0.3 is 0 Å². The summed E-state index contributed by atoms with van der Waals surface area (Å²) in [7, 11) is 1.55. The average Bonchev–Trinajstić information content (AvgIpc) is 2.39. The minimum atomic E-state index is -0.0913. The highest BCUT2D eigenvalue weighted by molar-refractivity contribution is 6.33. The summed E-state index contributed by atoms with van der Waals surface area (Å²) in [5.74, 6) is 0.790. The van der Waals surface area contributed by atoms with Crippen LogP contribution in [0.15, 0.2) is 36.4 Å². The fourth-order valence-corrected chi connectivity index (χ4v) is 2.14. The minimum absolute atomic E-state index is 0.0913. The molecule has 0 heterocycles. The fourth-order valence-electron chi connectivity index (χ4n) is 1.80. The molecule has 94 valence electrons. The third kappa shape index (κ3) is 2.42. The van der Waals surface area contributed by atoms with Crippen LogP contribution in [-0.2, 0) is 6.61 Å². The van der Waals surface area contributed by atoms with E-state index in [4.69, 9.17) is 21.4 Å². The molecule has 0 aliphatic carbocycles. The number of hydrogen-bond acceptors (Lipinski definition) is 3.